The number of carbonyl (C=O) groups excluding carboxylic acids is 2. The number of amides is 2. The largest absolute Gasteiger partial charge is 0.465 e. The Kier molecular flexibility index (Phi) is 10.9. The number of benzene rings is 3. The third kappa shape index (κ3) is 8.53. The van der Waals surface area contributed by atoms with E-state index in [9.17, 15) is 9.59 Å². The molecule has 40 heavy (non-hydrogen) atoms. The van der Waals surface area contributed by atoms with E-state index in [4.69, 9.17) is 4.74 Å². The Morgan fingerprint density at radius 2 is 1.68 bits per heavy atom. The Bertz CT molecular complexity index is 1200. The van der Waals surface area contributed by atoms with Crippen molar-refractivity contribution in [3.63, 3.8) is 0 Å². The van der Waals surface area contributed by atoms with Gasteiger partial charge in [-0.1, -0.05) is 73.3 Å². The van der Waals surface area contributed by atoms with Crippen LogP contribution in [0, 0.1) is 0 Å². The molecule has 1 aliphatic rings. The van der Waals surface area contributed by atoms with Crippen LogP contribution in [0.4, 0.5) is 10.5 Å². The summed E-state index contributed by atoms with van der Waals surface area (Å²) in [4.78, 5) is 29.9. The molecule has 0 aromatic heterocycles. The average Bonchev–Trinajstić information content (AvgIpc) is 3.26. The number of hydrogen-bond donors (Lipinski definition) is 2. The molecule has 0 atom stereocenters. The van der Waals surface area contributed by atoms with Gasteiger partial charge in [0.2, 0.25) is 0 Å². The first-order chi connectivity index (χ1) is 19.5. The molecule has 0 bridgehead atoms. The van der Waals surface area contributed by atoms with Crippen molar-refractivity contribution in [1.82, 2.24) is 15.1 Å². The number of hydrogen-bond acceptors (Lipinski definition) is 5. The van der Waals surface area contributed by atoms with Crippen LogP contribution in [-0.2, 0) is 4.74 Å². The number of esters is 1. The number of nitrogens with zero attached hydrogens (tertiary/aromatic N) is 2. The maximum absolute atomic E-state index is 13.7. The Morgan fingerprint density at radius 3 is 2.35 bits per heavy atom. The predicted molar refractivity (Wildman–Crippen MR) is 161 cm³/mol. The van der Waals surface area contributed by atoms with Gasteiger partial charge in [-0.25, -0.2) is 9.59 Å². The van der Waals surface area contributed by atoms with E-state index < -0.39 is 5.97 Å². The predicted octanol–water partition coefficient (Wildman–Crippen LogP) is 5.38. The first kappa shape index (κ1) is 29.1. The molecule has 7 heteroatoms. The molecule has 0 radical (unpaired) electrons. The lowest BCUT2D eigenvalue weighted by Crippen LogP contribution is -2.40. The number of nitrogens with one attached hydrogen (secondary N) is 2. The quantitative estimate of drug-likeness (QED) is 0.252. The Hall–Kier alpha value is -3.94. The monoisotopic (exact) mass is 540 g/mol. The summed E-state index contributed by atoms with van der Waals surface area (Å²) in [6.07, 6.45) is 1.86. The Labute approximate surface area is 237 Å². The fourth-order valence-corrected chi connectivity index (χ4v) is 5.17. The van der Waals surface area contributed by atoms with Gasteiger partial charge in [0.15, 0.2) is 0 Å². The average molecular weight is 541 g/mol. The zero-order valence-corrected chi connectivity index (χ0v) is 23.4. The lowest BCUT2D eigenvalue weighted by molar-refractivity contribution is 0.0600. The van der Waals surface area contributed by atoms with Gasteiger partial charge in [-0.05, 0) is 60.8 Å². The highest BCUT2D eigenvalue weighted by atomic mass is 16.5. The summed E-state index contributed by atoms with van der Waals surface area (Å²) in [5, 5.41) is 6.44. The molecule has 0 spiro atoms. The fraction of sp³-hybridized carbons (Fsp3) is 0.333. The van der Waals surface area contributed by atoms with E-state index in [0.717, 1.165) is 51.1 Å². The summed E-state index contributed by atoms with van der Waals surface area (Å²) in [6, 6.07) is 27.5. The zero-order valence-electron chi connectivity index (χ0n) is 23.4. The van der Waals surface area contributed by atoms with Crippen molar-refractivity contribution in [1.29, 1.82) is 0 Å². The minimum absolute atomic E-state index is 0.144. The van der Waals surface area contributed by atoms with E-state index in [1.165, 1.54) is 18.2 Å². The number of methoxy groups -OCH3 is 1. The van der Waals surface area contributed by atoms with Crippen molar-refractivity contribution in [2.75, 3.05) is 58.2 Å². The number of urea groups is 1. The molecule has 3 aromatic rings. The molecule has 1 aliphatic heterocycles. The molecule has 3 aromatic carbocycles. The smallest absolute Gasteiger partial charge is 0.337 e. The van der Waals surface area contributed by atoms with Gasteiger partial charge in [-0.15, -0.1) is 0 Å². The Balaban J connectivity index is 1.52. The van der Waals surface area contributed by atoms with Crippen molar-refractivity contribution in [3.8, 4) is 0 Å². The highest BCUT2D eigenvalue weighted by Crippen LogP contribution is 2.28. The Morgan fingerprint density at radius 1 is 0.975 bits per heavy atom. The topological polar surface area (TPSA) is 73.9 Å². The summed E-state index contributed by atoms with van der Waals surface area (Å²) in [5.74, 6) is -0.299. The first-order valence-electron chi connectivity index (χ1n) is 14.0. The zero-order chi connectivity index (χ0) is 28.2. The minimum Gasteiger partial charge on any atom is -0.465 e. The van der Waals surface area contributed by atoms with Gasteiger partial charge in [0.1, 0.15) is 0 Å². The van der Waals surface area contributed by atoms with E-state index in [0.29, 0.717) is 24.3 Å². The number of ether oxygens (including phenoxy) is 1. The maximum atomic E-state index is 13.7. The van der Waals surface area contributed by atoms with Crippen LogP contribution in [0.3, 0.4) is 0 Å². The standard InChI is InChI=1S/C33H40N4O3/c1-26(24-36-20-10-18-34-19-22-36)25-37(33(39)35-30-16-9-15-29(23-30)32(38)40-2)21-17-31(27-11-5-3-6-12-27)28-13-7-4-8-14-28/h3-9,11-16,23,31,34H,1,10,17-22,24-25H2,2H3,(H,35,39). The second kappa shape index (κ2) is 15.0. The van der Waals surface area contributed by atoms with Crippen LogP contribution >= 0.6 is 0 Å². The fourth-order valence-electron chi connectivity index (χ4n) is 5.17. The molecule has 2 N–H and O–H groups in total. The van der Waals surface area contributed by atoms with Crippen molar-refractivity contribution < 1.29 is 14.3 Å². The van der Waals surface area contributed by atoms with Crippen LogP contribution in [-0.4, -0.2) is 74.7 Å². The molecule has 210 valence electrons. The number of anilines is 1. The van der Waals surface area contributed by atoms with Gasteiger partial charge in [-0.2, -0.15) is 0 Å². The van der Waals surface area contributed by atoms with Gasteiger partial charge in [-0.3, -0.25) is 4.90 Å². The molecule has 0 unspecified atom stereocenters. The van der Waals surface area contributed by atoms with Crippen molar-refractivity contribution in [3.05, 3.63) is 114 Å². The number of carbonyl (C=O) groups is 2. The van der Waals surface area contributed by atoms with Gasteiger partial charge in [0, 0.05) is 44.3 Å². The summed E-state index contributed by atoms with van der Waals surface area (Å²) in [6.45, 7) is 10.1. The molecule has 0 aliphatic carbocycles. The summed E-state index contributed by atoms with van der Waals surface area (Å²) in [7, 11) is 1.34. The minimum atomic E-state index is -0.443. The molecule has 2 amide bonds. The van der Waals surface area contributed by atoms with Gasteiger partial charge in [0.25, 0.3) is 0 Å². The van der Waals surface area contributed by atoms with Gasteiger partial charge < -0.3 is 20.3 Å². The normalized spacial score (nSPS) is 13.8. The van der Waals surface area contributed by atoms with Gasteiger partial charge >= 0.3 is 12.0 Å². The maximum Gasteiger partial charge on any atom is 0.337 e. The lowest BCUT2D eigenvalue weighted by atomic mass is 9.88. The van der Waals surface area contributed by atoms with Crippen LogP contribution in [0.1, 0.15) is 40.2 Å². The van der Waals surface area contributed by atoms with Crippen molar-refractivity contribution >= 4 is 17.7 Å². The van der Waals surface area contributed by atoms with Crippen LogP contribution in [0.15, 0.2) is 97.1 Å². The first-order valence-corrected chi connectivity index (χ1v) is 14.0. The van der Waals surface area contributed by atoms with Crippen molar-refractivity contribution in [2.45, 2.75) is 18.8 Å². The second-order valence-corrected chi connectivity index (χ2v) is 10.2. The van der Waals surface area contributed by atoms with Crippen LogP contribution < -0.4 is 10.6 Å². The van der Waals surface area contributed by atoms with E-state index in [1.807, 2.05) is 17.0 Å². The molecule has 4 rings (SSSR count). The van der Waals surface area contributed by atoms with Crippen LogP contribution in [0.2, 0.25) is 0 Å². The van der Waals surface area contributed by atoms with Crippen LogP contribution in [0.5, 0.6) is 0 Å². The third-order valence-corrected chi connectivity index (χ3v) is 7.21. The molecule has 7 nitrogen and oxygen atoms in total. The number of rotatable bonds is 11. The molecular formula is C33H40N4O3. The van der Waals surface area contributed by atoms with Crippen LogP contribution in [0.25, 0.3) is 0 Å². The van der Waals surface area contributed by atoms with E-state index in [2.05, 4.69) is 70.6 Å². The SMILES string of the molecule is C=C(CN1CCCNCC1)CN(CCC(c1ccccc1)c1ccccc1)C(=O)Nc1cccc(C(=O)OC)c1. The van der Waals surface area contributed by atoms with E-state index in [1.54, 1.807) is 24.3 Å². The van der Waals surface area contributed by atoms with Gasteiger partial charge in [0.05, 0.1) is 12.7 Å². The molecule has 1 saturated heterocycles. The molecule has 0 saturated carbocycles. The summed E-state index contributed by atoms with van der Waals surface area (Å²) < 4.78 is 4.84. The molecular weight excluding hydrogens is 500 g/mol. The van der Waals surface area contributed by atoms with Crippen molar-refractivity contribution in [2.24, 2.45) is 0 Å². The highest BCUT2D eigenvalue weighted by molar-refractivity contribution is 5.94. The summed E-state index contributed by atoms with van der Waals surface area (Å²) >= 11 is 0. The van der Waals surface area contributed by atoms with E-state index >= 15 is 0 Å². The van der Waals surface area contributed by atoms with E-state index in [-0.39, 0.29) is 11.9 Å². The molecule has 1 fully saturated rings. The summed E-state index contributed by atoms with van der Waals surface area (Å²) in [5.41, 5.74) is 4.37. The lowest BCUT2D eigenvalue weighted by Gasteiger charge is -2.29. The highest BCUT2D eigenvalue weighted by Gasteiger charge is 2.21. The third-order valence-electron chi connectivity index (χ3n) is 7.21. The second-order valence-electron chi connectivity index (χ2n) is 10.2. The molecule has 1 heterocycles.